The predicted octanol–water partition coefficient (Wildman–Crippen LogP) is 3.15. The molecule has 0 radical (unpaired) electrons. The van der Waals surface area contributed by atoms with Crippen LogP contribution in [0.3, 0.4) is 0 Å². The van der Waals surface area contributed by atoms with Crippen LogP contribution in [0.25, 0.3) is 0 Å². The van der Waals surface area contributed by atoms with Crippen molar-refractivity contribution in [1.82, 2.24) is 4.90 Å². The fraction of sp³-hybridized carbons (Fsp3) is 0.846. The van der Waals surface area contributed by atoms with Crippen molar-refractivity contribution in [2.75, 3.05) is 14.1 Å². The van der Waals surface area contributed by atoms with Gasteiger partial charge in [-0.1, -0.05) is 20.8 Å². The molecule has 4 nitrogen and oxygen atoms in total. The van der Waals surface area contributed by atoms with Crippen LogP contribution < -0.4 is 0 Å². The molecule has 0 fully saturated rings. The molecule has 0 aromatic heterocycles. The van der Waals surface area contributed by atoms with Gasteiger partial charge in [0.2, 0.25) is 0 Å². The highest BCUT2D eigenvalue weighted by Crippen LogP contribution is 2.38. The molecule has 1 unspecified atom stereocenters. The Hall–Kier alpha value is -0.823. The zero-order valence-corrected chi connectivity index (χ0v) is 14.6. The monoisotopic (exact) mass is 308 g/mol. The molecule has 1 amide bonds. The second-order valence-corrected chi connectivity index (χ2v) is 11.3. The summed E-state index contributed by atoms with van der Waals surface area (Å²) in [6.07, 6.45) is -4.67. The van der Waals surface area contributed by atoms with Crippen LogP contribution in [0.1, 0.15) is 27.7 Å². The molecular weight excluding hydrogens is 282 g/mol. The van der Waals surface area contributed by atoms with Gasteiger partial charge in [-0.3, -0.25) is 4.79 Å². The number of carbonyl (C=O) groups is 1. The van der Waals surface area contributed by atoms with E-state index in [1.54, 1.807) is 25.9 Å². The molecule has 0 spiro atoms. The van der Waals surface area contributed by atoms with Crippen LogP contribution in [0.2, 0.25) is 18.1 Å². The summed E-state index contributed by atoms with van der Waals surface area (Å²) in [7, 11) is 0.930. The lowest BCUT2D eigenvalue weighted by molar-refractivity contribution is -0.132. The van der Waals surface area contributed by atoms with Crippen molar-refractivity contribution < 1.29 is 18.0 Å². The fourth-order valence-electron chi connectivity index (χ4n) is 1.03. The smallest absolute Gasteiger partial charge is 0.281 e. The molecule has 0 aromatic rings. The largest absolute Gasteiger partial charge is 0.401 e. The Kier molecular flexibility index (Phi) is 6.48. The van der Waals surface area contributed by atoms with Gasteiger partial charge < -0.3 is 9.33 Å². The van der Waals surface area contributed by atoms with Gasteiger partial charge in [-0.2, -0.15) is 4.99 Å². The van der Waals surface area contributed by atoms with Gasteiger partial charge in [0.05, 0.1) is 0 Å². The Bertz CT molecular complexity index is 377. The highest BCUT2D eigenvalue weighted by Gasteiger charge is 2.43. The minimum Gasteiger partial charge on any atom is -0.401 e. The Balaban J connectivity index is 5.20. The van der Waals surface area contributed by atoms with Crippen LogP contribution in [0.15, 0.2) is 4.99 Å². The van der Waals surface area contributed by atoms with E-state index in [0.717, 1.165) is 0 Å². The Morgan fingerprint density at radius 1 is 1.25 bits per heavy atom. The summed E-state index contributed by atoms with van der Waals surface area (Å²) in [4.78, 5) is 17.2. The second-order valence-electron chi connectivity index (χ2n) is 6.52. The van der Waals surface area contributed by atoms with Crippen molar-refractivity contribution in [2.24, 2.45) is 4.99 Å². The van der Waals surface area contributed by atoms with Crippen molar-refractivity contribution in [1.29, 1.82) is 0 Å². The quantitative estimate of drug-likeness (QED) is 0.455. The van der Waals surface area contributed by atoms with Crippen LogP contribution in [-0.4, -0.2) is 51.6 Å². The number of nitrogens with zero attached hydrogens (tertiary/aromatic N) is 2. The molecule has 0 rings (SSSR count). The van der Waals surface area contributed by atoms with Gasteiger partial charge in [0, 0.05) is 14.1 Å². The van der Waals surface area contributed by atoms with Crippen molar-refractivity contribution >= 4 is 20.1 Å². The highest BCUT2D eigenvalue weighted by molar-refractivity contribution is 6.74. The van der Waals surface area contributed by atoms with E-state index in [1.165, 1.54) is 0 Å². The molecule has 0 aromatic carbocycles. The molecule has 0 saturated carbocycles. The lowest BCUT2D eigenvalue weighted by atomic mass is 10.2. The number of amidine groups is 1. The van der Waals surface area contributed by atoms with Gasteiger partial charge in [-0.15, -0.1) is 0 Å². The number of amides is 1. The maximum Gasteiger partial charge on any atom is 0.281 e. The fourth-order valence-corrected chi connectivity index (χ4v) is 2.22. The van der Waals surface area contributed by atoms with Crippen LogP contribution in [-0.2, 0) is 9.22 Å². The molecule has 0 bridgehead atoms. The Morgan fingerprint density at radius 2 is 1.70 bits per heavy atom. The second kappa shape index (κ2) is 6.75. The van der Waals surface area contributed by atoms with E-state index in [2.05, 4.69) is 4.99 Å². The molecule has 0 aliphatic carbocycles. The Labute approximate surface area is 121 Å². The molecule has 0 aliphatic heterocycles. The lowest BCUT2D eigenvalue weighted by Crippen LogP contribution is -2.48. The molecule has 1 atom stereocenters. The third-order valence-corrected chi connectivity index (χ3v) is 8.07. The van der Waals surface area contributed by atoms with E-state index in [1.807, 2.05) is 33.9 Å². The number of hydrogen-bond donors (Lipinski definition) is 0. The van der Waals surface area contributed by atoms with Gasteiger partial charge in [0.25, 0.3) is 12.3 Å². The summed E-state index contributed by atoms with van der Waals surface area (Å²) in [5.41, 5.74) is 0. The summed E-state index contributed by atoms with van der Waals surface area (Å²) in [5.74, 6) is -0.546. The van der Waals surface area contributed by atoms with E-state index in [-0.39, 0.29) is 5.04 Å². The van der Waals surface area contributed by atoms with E-state index in [4.69, 9.17) is 4.43 Å². The average molecular weight is 308 g/mol. The van der Waals surface area contributed by atoms with Crippen LogP contribution in [0.4, 0.5) is 8.78 Å². The minimum atomic E-state index is -2.88. The summed E-state index contributed by atoms with van der Waals surface area (Å²) in [5, 5.41) is -0.249. The number of carbonyl (C=O) groups excluding carboxylic acids is 1. The van der Waals surface area contributed by atoms with E-state index >= 15 is 0 Å². The van der Waals surface area contributed by atoms with Crippen molar-refractivity contribution in [3.63, 3.8) is 0 Å². The van der Waals surface area contributed by atoms with E-state index < -0.39 is 26.8 Å². The third kappa shape index (κ3) is 5.28. The van der Waals surface area contributed by atoms with Crippen molar-refractivity contribution in [3.8, 4) is 0 Å². The molecule has 118 valence electrons. The standard InChI is InChI=1S/C13H26F2N2O2Si/c1-9(17(5)6)16-12(18)10(11(14)15)19-20(7,8)13(2,3)4/h10-11H,1-8H3. The highest BCUT2D eigenvalue weighted by atomic mass is 28.4. The molecule has 0 heterocycles. The summed E-state index contributed by atoms with van der Waals surface area (Å²) in [6, 6.07) is 0. The van der Waals surface area contributed by atoms with Crippen molar-refractivity contribution in [3.05, 3.63) is 0 Å². The van der Waals surface area contributed by atoms with Crippen molar-refractivity contribution in [2.45, 2.75) is 58.4 Å². The van der Waals surface area contributed by atoms with E-state index in [0.29, 0.717) is 5.84 Å². The van der Waals surface area contributed by atoms with E-state index in [9.17, 15) is 13.6 Å². The molecule has 0 aliphatic rings. The molecule has 0 N–H and O–H groups in total. The van der Waals surface area contributed by atoms with Gasteiger partial charge in [-0.05, 0) is 25.1 Å². The first kappa shape index (κ1) is 19.2. The average Bonchev–Trinajstić information content (AvgIpc) is 2.23. The summed E-state index contributed by atoms with van der Waals surface area (Å²) >= 11 is 0. The van der Waals surface area contributed by atoms with Crippen LogP contribution in [0, 0.1) is 0 Å². The number of aliphatic imine (C=N–C) groups is 1. The van der Waals surface area contributed by atoms with Crippen LogP contribution in [0.5, 0.6) is 0 Å². The zero-order valence-electron chi connectivity index (χ0n) is 13.6. The SMILES string of the molecule is CC(=NC(=O)C(O[Si](C)(C)C(C)(C)C)C(F)F)N(C)C. The number of halogens is 2. The Morgan fingerprint density at radius 3 is 2.00 bits per heavy atom. The topological polar surface area (TPSA) is 41.9 Å². The maximum absolute atomic E-state index is 13.1. The van der Waals surface area contributed by atoms with Gasteiger partial charge in [0.15, 0.2) is 14.4 Å². The van der Waals surface area contributed by atoms with Gasteiger partial charge in [-0.25, -0.2) is 8.78 Å². The van der Waals surface area contributed by atoms with Gasteiger partial charge >= 0.3 is 0 Å². The first-order valence-electron chi connectivity index (χ1n) is 6.52. The normalized spacial score (nSPS) is 15.4. The number of hydrogen-bond acceptors (Lipinski definition) is 2. The number of alkyl halides is 2. The summed E-state index contributed by atoms with van der Waals surface area (Å²) in [6.45, 7) is 11.0. The minimum absolute atomic E-state index is 0.249. The molecule has 20 heavy (non-hydrogen) atoms. The zero-order chi connectivity index (χ0) is 16.3. The maximum atomic E-state index is 13.1. The number of rotatable bonds is 4. The predicted molar refractivity (Wildman–Crippen MR) is 79.9 cm³/mol. The van der Waals surface area contributed by atoms with Crippen LogP contribution >= 0.6 is 0 Å². The first-order chi connectivity index (χ1) is 8.79. The van der Waals surface area contributed by atoms with Gasteiger partial charge in [0.1, 0.15) is 5.84 Å². The third-order valence-electron chi connectivity index (χ3n) is 3.62. The first-order valence-corrected chi connectivity index (χ1v) is 9.43. The summed E-state index contributed by atoms with van der Waals surface area (Å²) < 4.78 is 31.7. The molecular formula is C13H26F2N2O2Si. The lowest BCUT2D eigenvalue weighted by Gasteiger charge is -2.38. The molecule has 0 saturated heterocycles. The molecule has 7 heteroatoms.